The van der Waals surface area contributed by atoms with Gasteiger partial charge in [-0.1, -0.05) is 36.4 Å². The summed E-state index contributed by atoms with van der Waals surface area (Å²) in [7, 11) is -4.36. The second kappa shape index (κ2) is 4.83. The average molecular weight is 264 g/mol. The van der Waals surface area contributed by atoms with Crippen molar-refractivity contribution in [3.05, 3.63) is 54.6 Å². The lowest BCUT2D eigenvalue weighted by atomic mass is 10.1. The van der Waals surface area contributed by atoms with E-state index in [1.54, 1.807) is 36.4 Å². The van der Waals surface area contributed by atoms with Crippen molar-refractivity contribution in [2.75, 3.05) is 0 Å². The molecule has 1 N–H and O–H groups in total. The Morgan fingerprint density at radius 1 is 1.17 bits per heavy atom. The minimum absolute atomic E-state index is 0.0681. The summed E-state index contributed by atoms with van der Waals surface area (Å²) in [6, 6.07) is 8.75. The summed E-state index contributed by atoms with van der Waals surface area (Å²) in [5, 5.41) is 7.67. The van der Waals surface area contributed by atoms with Crippen LogP contribution in [0.2, 0.25) is 0 Å². The van der Waals surface area contributed by atoms with Crippen molar-refractivity contribution in [1.29, 1.82) is 0 Å². The summed E-state index contributed by atoms with van der Waals surface area (Å²) < 4.78 is 32.2. The molecule has 94 valence electrons. The van der Waals surface area contributed by atoms with Crippen molar-refractivity contribution < 1.29 is 13.0 Å². The normalized spacial score (nSPS) is 23.6. The number of azo groups is 1. The molecule has 2 rings (SSSR count). The first-order valence-electron chi connectivity index (χ1n) is 5.33. The lowest BCUT2D eigenvalue weighted by Gasteiger charge is -2.21. The molecule has 1 aliphatic rings. The van der Waals surface area contributed by atoms with Gasteiger partial charge >= 0.3 is 0 Å². The zero-order valence-electron chi connectivity index (χ0n) is 9.47. The molecular weight excluding hydrogens is 252 g/mol. The van der Waals surface area contributed by atoms with E-state index in [9.17, 15) is 13.0 Å². The van der Waals surface area contributed by atoms with Gasteiger partial charge in [0, 0.05) is 6.42 Å². The molecule has 0 aromatic heterocycles. The molecule has 1 atom stereocenters. The van der Waals surface area contributed by atoms with E-state index in [4.69, 9.17) is 0 Å². The molecule has 0 bridgehead atoms. The Kier molecular flexibility index (Phi) is 3.40. The Balaban J connectivity index is 2.36. The van der Waals surface area contributed by atoms with Gasteiger partial charge in [0.05, 0.1) is 5.69 Å². The molecular formula is C12H12N2O3S. The zero-order valence-corrected chi connectivity index (χ0v) is 10.3. The van der Waals surface area contributed by atoms with Crippen molar-refractivity contribution in [2.45, 2.75) is 11.3 Å². The van der Waals surface area contributed by atoms with E-state index in [-0.39, 0.29) is 6.42 Å². The number of nitrogens with zero attached hydrogens (tertiary/aromatic N) is 2. The maximum atomic E-state index is 11.4. The standard InChI is InChI=1S/C12H12N2O3S/c15-18(16,17)12(9-5-2-6-10-12)14-13-11-7-3-1-4-8-11/h1-9H,10H2,(H,15,16,17). The lowest BCUT2D eigenvalue weighted by Crippen LogP contribution is -2.34. The summed E-state index contributed by atoms with van der Waals surface area (Å²) in [4.78, 5) is -1.71. The van der Waals surface area contributed by atoms with Crippen LogP contribution in [0.25, 0.3) is 0 Å². The fraction of sp³-hybridized carbons (Fsp3) is 0.167. The largest absolute Gasteiger partial charge is 0.297 e. The highest BCUT2D eigenvalue weighted by atomic mass is 32.2. The van der Waals surface area contributed by atoms with Crippen LogP contribution >= 0.6 is 0 Å². The molecule has 0 amide bonds. The first kappa shape index (κ1) is 12.7. The number of rotatable bonds is 3. The summed E-state index contributed by atoms with van der Waals surface area (Å²) >= 11 is 0. The molecule has 0 radical (unpaired) electrons. The predicted octanol–water partition coefficient (Wildman–Crippen LogP) is 2.87. The second-order valence-corrected chi connectivity index (χ2v) is 5.50. The van der Waals surface area contributed by atoms with E-state index in [1.165, 1.54) is 12.2 Å². The molecule has 0 saturated heterocycles. The van der Waals surface area contributed by atoms with Crippen molar-refractivity contribution in [3.63, 3.8) is 0 Å². The van der Waals surface area contributed by atoms with Gasteiger partial charge in [0.2, 0.25) is 4.87 Å². The fourth-order valence-corrected chi connectivity index (χ4v) is 2.24. The highest BCUT2D eigenvalue weighted by Gasteiger charge is 2.41. The SMILES string of the molecule is O=S(=O)(O)C1(N=Nc2ccccc2)C=CC=CC1. The van der Waals surface area contributed by atoms with Crippen LogP contribution in [0.5, 0.6) is 0 Å². The van der Waals surface area contributed by atoms with E-state index in [0.717, 1.165) is 0 Å². The van der Waals surface area contributed by atoms with Gasteiger partial charge in [0.1, 0.15) is 0 Å². The molecule has 1 unspecified atom stereocenters. The smallest absolute Gasteiger partial charge is 0.283 e. The number of hydrogen-bond acceptors (Lipinski definition) is 4. The molecule has 0 saturated carbocycles. The second-order valence-electron chi connectivity index (χ2n) is 3.85. The van der Waals surface area contributed by atoms with Crippen molar-refractivity contribution in [2.24, 2.45) is 10.2 Å². The fourth-order valence-electron chi connectivity index (χ4n) is 1.54. The maximum Gasteiger partial charge on any atom is 0.297 e. The first-order valence-corrected chi connectivity index (χ1v) is 6.77. The van der Waals surface area contributed by atoms with Gasteiger partial charge in [-0.3, -0.25) is 4.55 Å². The Hall–Kier alpha value is -1.79. The van der Waals surface area contributed by atoms with Crippen LogP contribution < -0.4 is 0 Å². The van der Waals surface area contributed by atoms with E-state index >= 15 is 0 Å². The van der Waals surface area contributed by atoms with Crippen molar-refractivity contribution in [1.82, 2.24) is 0 Å². The van der Waals surface area contributed by atoms with E-state index in [0.29, 0.717) is 5.69 Å². The van der Waals surface area contributed by atoms with Crippen molar-refractivity contribution in [3.8, 4) is 0 Å². The van der Waals surface area contributed by atoms with Gasteiger partial charge in [-0.05, 0) is 18.2 Å². The van der Waals surface area contributed by atoms with Crippen LogP contribution in [0.3, 0.4) is 0 Å². The molecule has 5 nitrogen and oxygen atoms in total. The molecule has 0 spiro atoms. The van der Waals surface area contributed by atoms with Gasteiger partial charge < -0.3 is 0 Å². The summed E-state index contributed by atoms with van der Waals surface area (Å²) in [5.41, 5.74) is 0.531. The maximum absolute atomic E-state index is 11.4. The Morgan fingerprint density at radius 2 is 1.89 bits per heavy atom. The van der Waals surface area contributed by atoms with Gasteiger partial charge in [-0.25, -0.2) is 0 Å². The van der Waals surface area contributed by atoms with Gasteiger partial charge in [0.25, 0.3) is 10.1 Å². The third-order valence-corrected chi connectivity index (χ3v) is 3.83. The molecule has 0 aliphatic heterocycles. The molecule has 18 heavy (non-hydrogen) atoms. The molecule has 1 aliphatic carbocycles. The predicted molar refractivity (Wildman–Crippen MR) is 68.1 cm³/mol. The minimum Gasteiger partial charge on any atom is -0.283 e. The van der Waals surface area contributed by atoms with E-state index in [2.05, 4.69) is 10.2 Å². The lowest BCUT2D eigenvalue weighted by molar-refractivity contribution is 0.444. The van der Waals surface area contributed by atoms with E-state index in [1.807, 2.05) is 6.07 Å². The van der Waals surface area contributed by atoms with E-state index < -0.39 is 15.0 Å². The summed E-state index contributed by atoms with van der Waals surface area (Å²) in [6.07, 6.45) is 6.24. The molecule has 0 heterocycles. The van der Waals surface area contributed by atoms with Crippen LogP contribution in [0, 0.1) is 0 Å². The number of hydrogen-bond donors (Lipinski definition) is 1. The number of benzene rings is 1. The van der Waals surface area contributed by atoms with Crippen LogP contribution in [-0.4, -0.2) is 17.8 Å². The topological polar surface area (TPSA) is 79.1 Å². The third kappa shape index (κ3) is 2.55. The zero-order chi connectivity index (χ0) is 13.1. The third-order valence-electron chi connectivity index (χ3n) is 2.55. The highest BCUT2D eigenvalue weighted by molar-refractivity contribution is 7.87. The monoisotopic (exact) mass is 264 g/mol. The van der Waals surface area contributed by atoms with Crippen LogP contribution in [0.15, 0.2) is 64.9 Å². The van der Waals surface area contributed by atoms with Crippen molar-refractivity contribution >= 4 is 15.8 Å². The average Bonchev–Trinajstić information content (AvgIpc) is 2.37. The molecule has 6 heteroatoms. The molecule has 1 aromatic rings. The van der Waals surface area contributed by atoms with Crippen LogP contribution in [0.1, 0.15) is 6.42 Å². The Bertz CT molecular complexity index is 605. The van der Waals surface area contributed by atoms with Gasteiger partial charge in [-0.15, -0.1) is 0 Å². The van der Waals surface area contributed by atoms with Gasteiger partial charge in [0.15, 0.2) is 0 Å². The summed E-state index contributed by atoms with van der Waals surface area (Å²) in [6.45, 7) is 0. The van der Waals surface area contributed by atoms with Crippen LogP contribution in [-0.2, 0) is 10.1 Å². The Morgan fingerprint density at radius 3 is 2.44 bits per heavy atom. The molecule has 0 fully saturated rings. The quantitative estimate of drug-likeness (QED) is 0.673. The minimum atomic E-state index is -4.36. The van der Waals surface area contributed by atoms with Crippen LogP contribution in [0.4, 0.5) is 5.69 Å². The number of allylic oxidation sites excluding steroid dienone is 2. The first-order chi connectivity index (χ1) is 8.54. The Labute approximate surface area is 105 Å². The highest BCUT2D eigenvalue weighted by Crippen LogP contribution is 2.30. The van der Waals surface area contributed by atoms with Gasteiger partial charge in [-0.2, -0.15) is 18.6 Å². The summed E-state index contributed by atoms with van der Waals surface area (Å²) in [5.74, 6) is 0. The molecule has 1 aromatic carbocycles.